The van der Waals surface area contributed by atoms with Crippen LogP contribution in [-0.4, -0.2) is 28.6 Å². The second-order valence-electron chi connectivity index (χ2n) is 9.49. The van der Waals surface area contributed by atoms with Crippen molar-refractivity contribution in [3.05, 3.63) is 41.4 Å². The van der Waals surface area contributed by atoms with Crippen molar-refractivity contribution in [3.8, 4) is 0 Å². The normalized spacial score (nSPS) is 27.3. The number of hydrogen-bond acceptors (Lipinski definition) is 5. The average molecular weight is 395 g/mol. The SMILES string of the molecule is CC1=NC2=C(C(=O)CC(C)(C)C2)[C@H](c2cccnc2)C1C(=O)OC1CCCCC1. The monoisotopic (exact) mass is 394 g/mol. The zero-order valence-electron chi connectivity index (χ0n) is 17.6. The largest absolute Gasteiger partial charge is 0.462 e. The Morgan fingerprint density at radius 3 is 2.62 bits per heavy atom. The van der Waals surface area contributed by atoms with Crippen LogP contribution in [0, 0.1) is 11.3 Å². The first kappa shape index (κ1) is 20.0. The molecule has 0 N–H and O–H groups in total. The zero-order valence-corrected chi connectivity index (χ0v) is 17.6. The quantitative estimate of drug-likeness (QED) is 0.692. The molecule has 154 valence electrons. The van der Waals surface area contributed by atoms with Crippen LogP contribution in [0.25, 0.3) is 0 Å². The van der Waals surface area contributed by atoms with Gasteiger partial charge in [-0.1, -0.05) is 26.3 Å². The lowest BCUT2D eigenvalue weighted by Crippen LogP contribution is -2.40. The zero-order chi connectivity index (χ0) is 20.6. The standard InChI is InChI=1S/C24H30N2O3/c1-15-20(23(28)29-17-9-5-4-6-10-17)21(16-8-7-11-25-14-16)22-18(26-15)12-24(2,3)13-19(22)27/h7-8,11,14,17,20-21H,4-6,9-10,12-13H2,1-3H3/t20?,21-/m1/s1. The van der Waals surface area contributed by atoms with Gasteiger partial charge >= 0.3 is 5.97 Å². The lowest BCUT2D eigenvalue weighted by molar-refractivity contribution is -0.153. The van der Waals surface area contributed by atoms with E-state index in [0.717, 1.165) is 49.1 Å². The minimum absolute atomic E-state index is 0.0186. The molecule has 3 aliphatic rings. The number of nitrogens with zero attached hydrogens (tertiary/aromatic N) is 2. The fourth-order valence-corrected chi connectivity index (χ4v) is 5.09. The Bertz CT molecular complexity index is 863. The maximum atomic E-state index is 13.3. The molecular formula is C24H30N2O3. The molecule has 1 fully saturated rings. The molecule has 29 heavy (non-hydrogen) atoms. The van der Waals surface area contributed by atoms with Crippen molar-refractivity contribution in [2.45, 2.75) is 77.7 Å². The number of aromatic nitrogens is 1. The van der Waals surface area contributed by atoms with E-state index in [4.69, 9.17) is 9.73 Å². The smallest absolute Gasteiger partial charge is 0.315 e. The molecular weight excluding hydrogens is 364 g/mol. The highest BCUT2D eigenvalue weighted by Crippen LogP contribution is 2.47. The summed E-state index contributed by atoms with van der Waals surface area (Å²) in [6.07, 6.45) is 9.93. The van der Waals surface area contributed by atoms with Gasteiger partial charge in [0.05, 0.1) is 0 Å². The van der Waals surface area contributed by atoms with E-state index in [0.29, 0.717) is 12.0 Å². The van der Waals surface area contributed by atoms with E-state index in [1.165, 1.54) is 6.42 Å². The van der Waals surface area contributed by atoms with E-state index >= 15 is 0 Å². The van der Waals surface area contributed by atoms with E-state index in [2.05, 4.69) is 18.8 Å². The predicted octanol–water partition coefficient (Wildman–Crippen LogP) is 4.78. The van der Waals surface area contributed by atoms with Crippen LogP contribution in [0.5, 0.6) is 0 Å². The molecule has 1 aromatic rings. The lowest BCUT2D eigenvalue weighted by Gasteiger charge is -2.39. The number of ether oxygens (including phenoxy) is 1. The van der Waals surface area contributed by atoms with Crippen molar-refractivity contribution in [2.75, 3.05) is 0 Å². The molecule has 0 bridgehead atoms. The van der Waals surface area contributed by atoms with Crippen molar-refractivity contribution >= 4 is 17.5 Å². The first-order valence-electron chi connectivity index (χ1n) is 10.8. The van der Waals surface area contributed by atoms with Crippen molar-refractivity contribution in [1.29, 1.82) is 0 Å². The molecule has 1 aliphatic heterocycles. The minimum Gasteiger partial charge on any atom is -0.462 e. The summed E-state index contributed by atoms with van der Waals surface area (Å²) in [5, 5.41) is 0. The second-order valence-corrected chi connectivity index (χ2v) is 9.49. The molecule has 0 spiro atoms. The van der Waals surface area contributed by atoms with Crippen LogP contribution in [0.15, 0.2) is 40.8 Å². The molecule has 1 saturated carbocycles. The Morgan fingerprint density at radius 2 is 1.93 bits per heavy atom. The predicted molar refractivity (Wildman–Crippen MR) is 112 cm³/mol. The minimum atomic E-state index is -0.565. The Morgan fingerprint density at radius 1 is 1.17 bits per heavy atom. The first-order valence-corrected chi connectivity index (χ1v) is 10.8. The Balaban J connectivity index is 1.73. The van der Waals surface area contributed by atoms with Crippen LogP contribution in [-0.2, 0) is 14.3 Å². The van der Waals surface area contributed by atoms with Crippen molar-refractivity contribution < 1.29 is 14.3 Å². The van der Waals surface area contributed by atoms with E-state index in [1.54, 1.807) is 12.4 Å². The highest BCUT2D eigenvalue weighted by molar-refractivity contribution is 6.09. The summed E-state index contributed by atoms with van der Waals surface area (Å²) in [6, 6.07) is 3.81. The molecule has 1 unspecified atom stereocenters. The van der Waals surface area contributed by atoms with Gasteiger partial charge in [-0.05, 0) is 56.1 Å². The van der Waals surface area contributed by atoms with E-state index in [1.807, 2.05) is 19.1 Å². The number of aliphatic imine (C=N–C) groups is 1. The van der Waals surface area contributed by atoms with Crippen LogP contribution in [0.2, 0.25) is 0 Å². The number of pyridine rings is 1. The van der Waals surface area contributed by atoms with Gasteiger partial charge in [0, 0.05) is 41.7 Å². The molecule has 0 radical (unpaired) electrons. The van der Waals surface area contributed by atoms with Gasteiger partial charge in [0.15, 0.2) is 5.78 Å². The number of esters is 1. The van der Waals surface area contributed by atoms with Gasteiger partial charge in [0.1, 0.15) is 12.0 Å². The number of allylic oxidation sites excluding steroid dienone is 2. The number of ketones is 1. The summed E-state index contributed by atoms with van der Waals surface area (Å²) in [5.41, 5.74) is 3.03. The number of rotatable bonds is 3. The molecule has 2 aliphatic carbocycles. The van der Waals surface area contributed by atoms with Gasteiger partial charge in [-0.2, -0.15) is 0 Å². The van der Waals surface area contributed by atoms with Crippen LogP contribution in [0.3, 0.4) is 0 Å². The number of hydrogen-bond donors (Lipinski definition) is 0. The Kier molecular flexibility index (Phi) is 5.41. The molecule has 2 heterocycles. The number of carbonyl (C=O) groups is 2. The first-order chi connectivity index (χ1) is 13.9. The summed E-state index contributed by atoms with van der Waals surface area (Å²) in [5.74, 6) is -1.09. The summed E-state index contributed by atoms with van der Waals surface area (Å²) in [7, 11) is 0. The molecule has 0 amide bonds. The van der Waals surface area contributed by atoms with Crippen molar-refractivity contribution in [3.63, 3.8) is 0 Å². The third-order valence-electron chi connectivity index (χ3n) is 6.43. The summed E-state index contributed by atoms with van der Waals surface area (Å²) < 4.78 is 5.93. The molecule has 5 nitrogen and oxygen atoms in total. The van der Waals surface area contributed by atoms with Crippen LogP contribution < -0.4 is 0 Å². The summed E-state index contributed by atoms with van der Waals surface area (Å²) in [6.45, 7) is 6.09. The molecule has 5 heteroatoms. The molecule has 1 aromatic heterocycles. The average Bonchev–Trinajstić information content (AvgIpc) is 2.67. The third-order valence-corrected chi connectivity index (χ3v) is 6.43. The third kappa shape index (κ3) is 4.05. The van der Waals surface area contributed by atoms with Crippen molar-refractivity contribution in [2.24, 2.45) is 16.3 Å². The summed E-state index contributed by atoms with van der Waals surface area (Å²) in [4.78, 5) is 35.5. The Hall–Kier alpha value is -2.30. The van der Waals surface area contributed by atoms with Crippen LogP contribution in [0.4, 0.5) is 0 Å². The summed E-state index contributed by atoms with van der Waals surface area (Å²) >= 11 is 0. The van der Waals surface area contributed by atoms with E-state index < -0.39 is 5.92 Å². The molecule has 4 rings (SSSR count). The van der Waals surface area contributed by atoms with Gasteiger partial charge in [0.2, 0.25) is 0 Å². The maximum absolute atomic E-state index is 13.3. The highest BCUT2D eigenvalue weighted by Gasteiger charge is 2.46. The molecule has 0 saturated heterocycles. The Labute approximate surface area is 172 Å². The van der Waals surface area contributed by atoms with Gasteiger partial charge in [-0.15, -0.1) is 0 Å². The van der Waals surface area contributed by atoms with E-state index in [-0.39, 0.29) is 29.2 Å². The van der Waals surface area contributed by atoms with Gasteiger partial charge < -0.3 is 4.74 Å². The lowest BCUT2D eigenvalue weighted by atomic mass is 9.67. The van der Waals surface area contributed by atoms with Crippen LogP contribution >= 0.6 is 0 Å². The highest BCUT2D eigenvalue weighted by atomic mass is 16.5. The van der Waals surface area contributed by atoms with Gasteiger partial charge in [0.25, 0.3) is 0 Å². The number of carbonyl (C=O) groups excluding carboxylic acids is 2. The maximum Gasteiger partial charge on any atom is 0.315 e. The fourth-order valence-electron chi connectivity index (χ4n) is 5.09. The van der Waals surface area contributed by atoms with Gasteiger partial charge in [-0.25, -0.2) is 0 Å². The van der Waals surface area contributed by atoms with Gasteiger partial charge in [-0.3, -0.25) is 19.6 Å². The second kappa shape index (κ2) is 7.85. The fraction of sp³-hybridized carbons (Fsp3) is 0.583. The van der Waals surface area contributed by atoms with E-state index in [9.17, 15) is 9.59 Å². The number of Topliss-reactive ketones (excluding diaryl/α,β-unsaturated/α-hetero) is 1. The topological polar surface area (TPSA) is 68.6 Å². The molecule has 2 atom stereocenters. The van der Waals surface area contributed by atoms with Crippen molar-refractivity contribution in [1.82, 2.24) is 4.98 Å². The molecule has 0 aromatic carbocycles. The van der Waals surface area contributed by atoms with Crippen LogP contribution in [0.1, 0.15) is 77.2 Å².